The lowest BCUT2D eigenvalue weighted by atomic mass is 9.62. The van der Waals surface area contributed by atoms with Gasteiger partial charge in [-0.1, -0.05) is 46.8 Å². The third kappa shape index (κ3) is 2.95. The Morgan fingerprint density at radius 2 is 1.71 bits per heavy atom. The molecule has 0 aliphatic heterocycles. The second-order valence-electron chi connectivity index (χ2n) is 7.01. The van der Waals surface area contributed by atoms with Gasteiger partial charge < -0.3 is 4.74 Å². The molecule has 0 amide bonds. The second-order valence-corrected chi connectivity index (χ2v) is 7.54. The second kappa shape index (κ2) is 6.20. The van der Waals surface area contributed by atoms with E-state index in [0.29, 0.717) is 0 Å². The Kier molecular flexibility index (Phi) is 4.92. The van der Waals surface area contributed by atoms with Crippen LogP contribution in [-0.2, 0) is 5.41 Å². The molecule has 1 aromatic carbocycles. The first-order valence-electron chi connectivity index (χ1n) is 8.31. The molecule has 0 saturated heterocycles. The molecule has 0 spiro atoms. The molecule has 1 aliphatic carbocycles. The molecule has 1 nitrogen and oxygen atoms in total. The van der Waals surface area contributed by atoms with Gasteiger partial charge in [0.25, 0.3) is 0 Å². The zero-order valence-corrected chi connectivity index (χ0v) is 14.8. The van der Waals surface area contributed by atoms with Gasteiger partial charge in [-0.05, 0) is 42.4 Å². The highest BCUT2D eigenvalue weighted by atomic mass is 35.5. The van der Waals surface area contributed by atoms with Gasteiger partial charge in [-0.2, -0.15) is 0 Å². The molecule has 2 rings (SSSR count). The number of benzene rings is 1. The zero-order valence-electron chi connectivity index (χ0n) is 14.1. The van der Waals surface area contributed by atoms with Gasteiger partial charge >= 0.3 is 0 Å². The van der Waals surface area contributed by atoms with Crippen LogP contribution in [0.5, 0.6) is 5.75 Å². The monoisotopic (exact) mass is 308 g/mol. The summed E-state index contributed by atoms with van der Waals surface area (Å²) in [6.07, 6.45) is 4.54. The zero-order chi connectivity index (χ0) is 15.7. The third-order valence-corrected chi connectivity index (χ3v) is 6.41. The summed E-state index contributed by atoms with van der Waals surface area (Å²) in [5.74, 6) is 0.977. The van der Waals surface area contributed by atoms with Crippen molar-refractivity contribution in [2.75, 3.05) is 0 Å². The molecule has 1 aromatic rings. The fourth-order valence-corrected chi connectivity index (χ4v) is 3.98. The molecule has 2 atom stereocenters. The molecule has 0 heterocycles. The van der Waals surface area contributed by atoms with Gasteiger partial charge in [0.05, 0.1) is 0 Å². The standard InChI is InChI=1S/C19H29ClO/c1-6-18(4,5)14-9-11-15(12-10-14)21-17-13-16(20)19(17,7-2)8-3/h9-12,16-17H,6-8,13H2,1-5H3. The topological polar surface area (TPSA) is 9.23 Å². The van der Waals surface area contributed by atoms with Crippen LogP contribution in [0.15, 0.2) is 24.3 Å². The maximum absolute atomic E-state index is 6.46. The Bertz CT molecular complexity index is 459. The van der Waals surface area contributed by atoms with Gasteiger partial charge in [0.15, 0.2) is 0 Å². The molecule has 2 heteroatoms. The summed E-state index contributed by atoms with van der Waals surface area (Å²) < 4.78 is 6.24. The summed E-state index contributed by atoms with van der Waals surface area (Å²) in [4.78, 5) is 0. The van der Waals surface area contributed by atoms with Crippen LogP contribution in [-0.4, -0.2) is 11.5 Å². The molecule has 1 aliphatic rings. The summed E-state index contributed by atoms with van der Waals surface area (Å²) in [5.41, 5.74) is 1.76. The number of rotatable bonds is 6. The van der Waals surface area contributed by atoms with Gasteiger partial charge in [-0.25, -0.2) is 0 Å². The largest absolute Gasteiger partial charge is 0.490 e. The number of alkyl halides is 1. The van der Waals surface area contributed by atoms with Gasteiger partial charge in [-0.15, -0.1) is 11.6 Å². The van der Waals surface area contributed by atoms with E-state index in [9.17, 15) is 0 Å². The van der Waals surface area contributed by atoms with Gasteiger partial charge in [-0.3, -0.25) is 0 Å². The fourth-order valence-electron chi connectivity index (χ4n) is 3.37. The van der Waals surface area contributed by atoms with Crippen LogP contribution in [0.3, 0.4) is 0 Å². The van der Waals surface area contributed by atoms with Gasteiger partial charge in [0.1, 0.15) is 11.9 Å². The van der Waals surface area contributed by atoms with Crippen LogP contribution in [0.2, 0.25) is 0 Å². The van der Waals surface area contributed by atoms with Crippen molar-refractivity contribution in [3.05, 3.63) is 29.8 Å². The van der Waals surface area contributed by atoms with Gasteiger partial charge in [0.2, 0.25) is 0 Å². The van der Waals surface area contributed by atoms with Crippen molar-refractivity contribution < 1.29 is 4.74 Å². The third-order valence-electron chi connectivity index (χ3n) is 5.80. The summed E-state index contributed by atoms with van der Waals surface area (Å²) in [6, 6.07) is 8.64. The minimum Gasteiger partial charge on any atom is -0.490 e. The lowest BCUT2D eigenvalue weighted by Gasteiger charge is -2.52. The minimum atomic E-state index is 0.156. The van der Waals surface area contributed by atoms with Crippen LogP contribution in [0, 0.1) is 5.41 Å². The van der Waals surface area contributed by atoms with Crippen LogP contribution in [0.25, 0.3) is 0 Å². The Morgan fingerprint density at radius 1 is 1.14 bits per heavy atom. The van der Waals surface area contributed by atoms with Crippen molar-refractivity contribution in [1.82, 2.24) is 0 Å². The number of halogens is 1. The van der Waals surface area contributed by atoms with Crippen LogP contribution in [0.1, 0.15) is 65.9 Å². The lowest BCUT2D eigenvalue weighted by molar-refractivity contribution is -0.0462. The maximum atomic E-state index is 6.46. The Hall–Kier alpha value is -0.690. The summed E-state index contributed by atoms with van der Waals surface area (Å²) >= 11 is 6.46. The average molecular weight is 309 g/mol. The predicted octanol–water partition coefficient (Wildman–Crippen LogP) is 5.94. The van der Waals surface area contributed by atoms with E-state index >= 15 is 0 Å². The maximum Gasteiger partial charge on any atom is 0.119 e. The van der Waals surface area contributed by atoms with E-state index in [2.05, 4.69) is 58.9 Å². The first-order chi connectivity index (χ1) is 9.89. The van der Waals surface area contributed by atoms with Crippen LogP contribution in [0.4, 0.5) is 0 Å². The lowest BCUT2D eigenvalue weighted by Crippen LogP contribution is -2.56. The molecule has 2 unspecified atom stereocenters. The van der Waals surface area contributed by atoms with E-state index in [1.54, 1.807) is 0 Å². The number of hydrogen-bond acceptors (Lipinski definition) is 1. The molecule has 0 N–H and O–H groups in total. The van der Waals surface area contributed by atoms with E-state index in [-0.39, 0.29) is 22.3 Å². The smallest absolute Gasteiger partial charge is 0.119 e. The fraction of sp³-hybridized carbons (Fsp3) is 0.684. The van der Waals surface area contributed by atoms with E-state index in [4.69, 9.17) is 16.3 Å². The summed E-state index contributed by atoms with van der Waals surface area (Å²) in [6.45, 7) is 11.2. The van der Waals surface area contributed by atoms with E-state index in [0.717, 1.165) is 31.4 Å². The summed E-state index contributed by atoms with van der Waals surface area (Å²) in [5, 5.41) is 0.260. The quantitative estimate of drug-likeness (QED) is 0.591. The highest BCUT2D eigenvalue weighted by Gasteiger charge is 2.53. The molecule has 21 heavy (non-hydrogen) atoms. The molecule has 0 radical (unpaired) electrons. The van der Waals surface area contributed by atoms with E-state index in [1.165, 1.54) is 5.56 Å². The van der Waals surface area contributed by atoms with Gasteiger partial charge in [0, 0.05) is 17.2 Å². The predicted molar refractivity (Wildman–Crippen MR) is 91.4 cm³/mol. The summed E-state index contributed by atoms with van der Waals surface area (Å²) in [7, 11) is 0. The molecular formula is C19H29ClO. The van der Waals surface area contributed by atoms with E-state index in [1.807, 2.05) is 0 Å². The van der Waals surface area contributed by atoms with Crippen molar-refractivity contribution >= 4 is 11.6 Å². The highest BCUT2D eigenvalue weighted by molar-refractivity contribution is 6.21. The molecule has 118 valence electrons. The van der Waals surface area contributed by atoms with Crippen LogP contribution < -0.4 is 4.74 Å². The molecule has 1 saturated carbocycles. The van der Waals surface area contributed by atoms with Crippen molar-refractivity contribution in [1.29, 1.82) is 0 Å². The SMILES string of the molecule is CCC(C)(C)c1ccc(OC2CC(Cl)C2(CC)CC)cc1. The first-order valence-corrected chi connectivity index (χ1v) is 8.74. The Morgan fingerprint density at radius 3 is 2.14 bits per heavy atom. The molecule has 0 bridgehead atoms. The highest BCUT2D eigenvalue weighted by Crippen LogP contribution is 2.51. The van der Waals surface area contributed by atoms with Crippen LogP contribution >= 0.6 is 11.6 Å². The first kappa shape index (κ1) is 16.7. The van der Waals surface area contributed by atoms with E-state index < -0.39 is 0 Å². The molecule has 0 aromatic heterocycles. The minimum absolute atomic E-state index is 0.156. The van der Waals surface area contributed by atoms with Crippen molar-refractivity contribution in [2.45, 2.75) is 77.2 Å². The Labute approximate surface area is 135 Å². The molecule has 1 fully saturated rings. The van der Waals surface area contributed by atoms with Crippen molar-refractivity contribution in [3.63, 3.8) is 0 Å². The van der Waals surface area contributed by atoms with Crippen molar-refractivity contribution in [3.8, 4) is 5.75 Å². The average Bonchev–Trinajstić information content (AvgIpc) is 2.49. The Balaban J connectivity index is 2.08. The molecular weight excluding hydrogens is 280 g/mol. The van der Waals surface area contributed by atoms with Crippen molar-refractivity contribution in [2.24, 2.45) is 5.41 Å². The number of ether oxygens (including phenoxy) is 1. The number of hydrogen-bond donors (Lipinski definition) is 0. The normalized spacial score (nSPS) is 24.5.